The molecule has 3 heterocycles. The first kappa shape index (κ1) is 17.8. The van der Waals surface area contributed by atoms with E-state index in [-0.39, 0.29) is 12.0 Å². The Hall–Kier alpha value is -2.57. The molecule has 1 saturated heterocycles. The standard InChI is InChI=1S/C21H25N5O/c1-15-9-16(2)26(24-15)20-6-4-3-5-17(20)12-25-13-18(21(27)14-25)10-19-11-22-7-8-23-19/h3-9,11,18,21,27H,10,12-14H2,1-2H3/t18-,21-/m1/s1. The molecule has 1 N–H and O–H groups in total. The lowest BCUT2D eigenvalue weighted by Gasteiger charge is -2.18. The Bertz CT molecular complexity index is 908. The second-order valence-corrected chi connectivity index (χ2v) is 7.39. The summed E-state index contributed by atoms with van der Waals surface area (Å²) in [5.41, 5.74) is 5.40. The Balaban J connectivity index is 1.50. The van der Waals surface area contributed by atoms with Crippen molar-refractivity contribution in [2.24, 2.45) is 5.92 Å². The zero-order valence-corrected chi connectivity index (χ0v) is 15.8. The predicted octanol–water partition coefficient (Wildman–Crippen LogP) is 2.31. The topological polar surface area (TPSA) is 67.1 Å². The molecular weight excluding hydrogens is 338 g/mol. The summed E-state index contributed by atoms with van der Waals surface area (Å²) in [5.74, 6) is 0.183. The van der Waals surface area contributed by atoms with Crippen LogP contribution in [0.15, 0.2) is 48.9 Å². The normalized spacial score (nSPS) is 20.3. The van der Waals surface area contributed by atoms with Gasteiger partial charge in [-0.1, -0.05) is 18.2 Å². The zero-order chi connectivity index (χ0) is 18.8. The van der Waals surface area contributed by atoms with Gasteiger partial charge in [0, 0.05) is 49.8 Å². The van der Waals surface area contributed by atoms with Crippen molar-refractivity contribution < 1.29 is 5.11 Å². The summed E-state index contributed by atoms with van der Waals surface area (Å²) in [7, 11) is 0. The fourth-order valence-corrected chi connectivity index (χ4v) is 3.94. The average Bonchev–Trinajstić information content (AvgIpc) is 3.17. The zero-order valence-electron chi connectivity index (χ0n) is 15.8. The maximum atomic E-state index is 10.5. The molecule has 0 aliphatic carbocycles. The SMILES string of the molecule is Cc1cc(C)n(-c2ccccc2CN2C[C@@H](Cc3cnccn3)[C@H](O)C2)n1. The van der Waals surface area contributed by atoms with Gasteiger partial charge in [0.1, 0.15) is 0 Å². The van der Waals surface area contributed by atoms with Crippen LogP contribution in [-0.4, -0.2) is 48.9 Å². The van der Waals surface area contributed by atoms with Gasteiger partial charge < -0.3 is 5.11 Å². The first-order valence-corrected chi connectivity index (χ1v) is 9.37. The Labute approximate surface area is 159 Å². The molecule has 2 atom stereocenters. The van der Waals surface area contributed by atoms with Gasteiger partial charge in [-0.2, -0.15) is 5.10 Å². The van der Waals surface area contributed by atoms with Crippen LogP contribution in [0.5, 0.6) is 0 Å². The molecule has 1 aliphatic heterocycles. The maximum absolute atomic E-state index is 10.5. The van der Waals surface area contributed by atoms with Crippen LogP contribution in [0.3, 0.4) is 0 Å². The summed E-state index contributed by atoms with van der Waals surface area (Å²) in [6.07, 6.45) is 5.58. The highest BCUT2D eigenvalue weighted by molar-refractivity contribution is 5.42. The summed E-state index contributed by atoms with van der Waals surface area (Å²) in [4.78, 5) is 10.8. The minimum atomic E-state index is -0.340. The number of β-amino-alcohol motifs (C(OH)–C–C–N with tert-alkyl or cyclic N) is 1. The third-order valence-electron chi connectivity index (χ3n) is 5.19. The number of hydrogen-bond acceptors (Lipinski definition) is 5. The number of aliphatic hydroxyl groups excluding tert-OH is 1. The molecule has 0 amide bonds. The van der Waals surface area contributed by atoms with Crippen molar-refractivity contribution in [1.29, 1.82) is 0 Å². The second-order valence-electron chi connectivity index (χ2n) is 7.39. The highest BCUT2D eigenvalue weighted by Crippen LogP contribution is 2.25. The summed E-state index contributed by atoms with van der Waals surface area (Å²) >= 11 is 0. The van der Waals surface area contributed by atoms with Crippen LogP contribution < -0.4 is 0 Å². The van der Waals surface area contributed by atoms with Crippen LogP contribution in [0.1, 0.15) is 22.6 Å². The first-order valence-electron chi connectivity index (χ1n) is 9.37. The highest BCUT2D eigenvalue weighted by atomic mass is 16.3. The Morgan fingerprint density at radius 1 is 1.15 bits per heavy atom. The van der Waals surface area contributed by atoms with Gasteiger partial charge in [-0.3, -0.25) is 14.9 Å². The number of aryl methyl sites for hydroxylation is 2. The fraction of sp³-hybridized carbons (Fsp3) is 0.381. The van der Waals surface area contributed by atoms with Gasteiger partial charge in [0.05, 0.1) is 23.2 Å². The minimum absolute atomic E-state index is 0.183. The molecule has 2 aromatic heterocycles. The molecule has 1 aliphatic rings. The van der Waals surface area contributed by atoms with Crippen LogP contribution >= 0.6 is 0 Å². The van der Waals surface area contributed by atoms with E-state index < -0.39 is 0 Å². The molecule has 6 nitrogen and oxygen atoms in total. The van der Waals surface area contributed by atoms with Gasteiger partial charge in [-0.05, 0) is 38.0 Å². The fourth-order valence-electron chi connectivity index (χ4n) is 3.94. The molecular formula is C21H25N5O. The number of benzene rings is 1. The molecule has 140 valence electrons. The number of likely N-dealkylation sites (tertiary alicyclic amines) is 1. The van der Waals surface area contributed by atoms with E-state index in [9.17, 15) is 5.11 Å². The van der Waals surface area contributed by atoms with E-state index in [2.05, 4.69) is 51.2 Å². The van der Waals surface area contributed by atoms with Crippen LogP contribution in [0.4, 0.5) is 0 Å². The van der Waals surface area contributed by atoms with E-state index in [4.69, 9.17) is 0 Å². The Morgan fingerprint density at radius 3 is 2.74 bits per heavy atom. The molecule has 1 aromatic carbocycles. The molecule has 0 spiro atoms. The number of para-hydroxylation sites is 1. The number of nitrogens with zero attached hydrogens (tertiary/aromatic N) is 5. The Kier molecular flexibility index (Phi) is 5.01. The van der Waals surface area contributed by atoms with Crippen molar-refractivity contribution in [2.75, 3.05) is 13.1 Å². The number of aromatic nitrogens is 4. The van der Waals surface area contributed by atoms with Gasteiger partial charge >= 0.3 is 0 Å². The van der Waals surface area contributed by atoms with E-state index in [1.54, 1.807) is 18.6 Å². The Morgan fingerprint density at radius 2 is 2.00 bits per heavy atom. The molecule has 3 aromatic rings. The van der Waals surface area contributed by atoms with Crippen LogP contribution in [-0.2, 0) is 13.0 Å². The molecule has 4 rings (SSSR count). The highest BCUT2D eigenvalue weighted by Gasteiger charge is 2.32. The lowest BCUT2D eigenvalue weighted by atomic mass is 10.0. The van der Waals surface area contributed by atoms with Crippen molar-refractivity contribution in [2.45, 2.75) is 32.9 Å². The minimum Gasteiger partial charge on any atom is -0.391 e. The summed E-state index contributed by atoms with van der Waals surface area (Å²) in [6.45, 7) is 6.41. The lowest BCUT2D eigenvalue weighted by molar-refractivity contribution is 0.140. The third-order valence-corrected chi connectivity index (χ3v) is 5.19. The molecule has 27 heavy (non-hydrogen) atoms. The van der Waals surface area contributed by atoms with Crippen LogP contribution in [0.25, 0.3) is 5.69 Å². The van der Waals surface area contributed by atoms with Crippen molar-refractivity contribution in [1.82, 2.24) is 24.6 Å². The molecule has 0 saturated carbocycles. The lowest BCUT2D eigenvalue weighted by Crippen LogP contribution is -2.22. The van der Waals surface area contributed by atoms with Gasteiger partial charge in [0.25, 0.3) is 0 Å². The molecule has 0 radical (unpaired) electrons. The largest absolute Gasteiger partial charge is 0.391 e. The van der Waals surface area contributed by atoms with Gasteiger partial charge in [-0.15, -0.1) is 0 Å². The summed E-state index contributed by atoms with van der Waals surface area (Å²) in [6, 6.07) is 10.5. The molecule has 0 unspecified atom stereocenters. The van der Waals surface area contributed by atoms with Crippen molar-refractivity contribution in [3.8, 4) is 5.69 Å². The van der Waals surface area contributed by atoms with E-state index in [0.717, 1.165) is 42.3 Å². The maximum Gasteiger partial charge on any atom is 0.0711 e. The van der Waals surface area contributed by atoms with E-state index >= 15 is 0 Å². The molecule has 6 heteroatoms. The van der Waals surface area contributed by atoms with Crippen molar-refractivity contribution >= 4 is 0 Å². The molecule has 0 bridgehead atoms. The van der Waals surface area contributed by atoms with Crippen LogP contribution in [0, 0.1) is 19.8 Å². The van der Waals surface area contributed by atoms with Crippen molar-refractivity contribution in [3.63, 3.8) is 0 Å². The quantitative estimate of drug-likeness (QED) is 0.753. The monoisotopic (exact) mass is 363 g/mol. The number of rotatable bonds is 5. The van der Waals surface area contributed by atoms with Gasteiger partial charge in [0.15, 0.2) is 0 Å². The first-order chi connectivity index (χ1) is 13.1. The smallest absolute Gasteiger partial charge is 0.0711 e. The predicted molar refractivity (Wildman–Crippen MR) is 104 cm³/mol. The van der Waals surface area contributed by atoms with Crippen molar-refractivity contribution in [3.05, 3.63) is 71.6 Å². The third kappa shape index (κ3) is 3.91. The second kappa shape index (κ2) is 7.58. The number of hydrogen-bond donors (Lipinski definition) is 1. The van der Waals surface area contributed by atoms with E-state index in [0.29, 0.717) is 6.54 Å². The van der Waals surface area contributed by atoms with E-state index in [1.165, 1.54) is 5.56 Å². The summed E-state index contributed by atoms with van der Waals surface area (Å²) in [5, 5.41) is 15.2. The summed E-state index contributed by atoms with van der Waals surface area (Å²) < 4.78 is 2.01. The van der Waals surface area contributed by atoms with E-state index in [1.807, 2.05) is 17.7 Å². The van der Waals surface area contributed by atoms with Gasteiger partial charge in [-0.25, -0.2) is 4.68 Å². The van der Waals surface area contributed by atoms with Crippen LogP contribution in [0.2, 0.25) is 0 Å². The van der Waals surface area contributed by atoms with Gasteiger partial charge in [0.2, 0.25) is 0 Å². The molecule has 1 fully saturated rings. The number of aliphatic hydroxyl groups is 1. The average molecular weight is 363 g/mol.